The van der Waals surface area contributed by atoms with Gasteiger partial charge < -0.3 is 14.6 Å². The predicted octanol–water partition coefficient (Wildman–Crippen LogP) is 2.85. The molecular formula is C17H15N3O4. The number of aromatic carboxylic acids is 1. The van der Waals surface area contributed by atoms with Crippen LogP contribution < -0.4 is 9.47 Å². The van der Waals surface area contributed by atoms with Crippen molar-refractivity contribution in [2.75, 3.05) is 14.2 Å². The van der Waals surface area contributed by atoms with Crippen LogP contribution in [0.2, 0.25) is 0 Å². The highest BCUT2D eigenvalue weighted by Gasteiger charge is 2.12. The first-order chi connectivity index (χ1) is 11.6. The van der Waals surface area contributed by atoms with Crippen LogP contribution in [0.15, 0.2) is 42.5 Å². The van der Waals surface area contributed by atoms with Crippen LogP contribution in [0.1, 0.15) is 10.4 Å². The number of ether oxygens (including phenoxy) is 2. The summed E-state index contributed by atoms with van der Waals surface area (Å²) in [6.45, 7) is 0. The molecule has 0 fully saturated rings. The van der Waals surface area contributed by atoms with E-state index in [1.807, 2.05) is 6.07 Å². The largest absolute Gasteiger partial charge is 0.493 e. The first-order valence-corrected chi connectivity index (χ1v) is 7.11. The van der Waals surface area contributed by atoms with Gasteiger partial charge in [-0.2, -0.15) is 5.10 Å². The maximum atomic E-state index is 11.1. The van der Waals surface area contributed by atoms with Gasteiger partial charge in [-0.25, -0.2) is 9.78 Å². The summed E-state index contributed by atoms with van der Waals surface area (Å²) in [4.78, 5) is 15.5. The molecule has 3 rings (SSSR count). The zero-order chi connectivity index (χ0) is 17.1. The molecule has 1 heterocycles. The monoisotopic (exact) mass is 325 g/mol. The third-order valence-electron chi connectivity index (χ3n) is 3.51. The summed E-state index contributed by atoms with van der Waals surface area (Å²) in [5.74, 6) is 1.17. The van der Waals surface area contributed by atoms with Gasteiger partial charge in [-0.1, -0.05) is 12.1 Å². The van der Waals surface area contributed by atoms with E-state index in [0.717, 1.165) is 5.56 Å². The molecule has 0 aliphatic carbocycles. The molecule has 2 aromatic carbocycles. The molecule has 24 heavy (non-hydrogen) atoms. The van der Waals surface area contributed by atoms with E-state index in [2.05, 4.69) is 15.2 Å². The SMILES string of the molecule is COc1ccc(-c2n[nH]c(-c3cccc(C(=O)O)c3)n2)cc1OC. The summed E-state index contributed by atoms with van der Waals surface area (Å²) >= 11 is 0. The van der Waals surface area contributed by atoms with Crippen LogP contribution in [0.25, 0.3) is 22.8 Å². The highest BCUT2D eigenvalue weighted by atomic mass is 16.5. The molecule has 0 radical (unpaired) electrons. The molecule has 0 spiro atoms. The highest BCUT2D eigenvalue weighted by molar-refractivity contribution is 5.89. The third kappa shape index (κ3) is 2.91. The lowest BCUT2D eigenvalue weighted by Crippen LogP contribution is -1.96. The lowest BCUT2D eigenvalue weighted by atomic mass is 10.1. The van der Waals surface area contributed by atoms with E-state index in [1.54, 1.807) is 44.6 Å². The minimum Gasteiger partial charge on any atom is -0.493 e. The summed E-state index contributed by atoms with van der Waals surface area (Å²) in [6.07, 6.45) is 0. The van der Waals surface area contributed by atoms with Gasteiger partial charge in [-0.05, 0) is 30.3 Å². The second-order valence-corrected chi connectivity index (χ2v) is 4.96. The first-order valence-electron chi connectivity index (χ1n) is 7.11. The highest BCUT2D eigenvalue weighted by Crippen LogP contribution is 2.31. The van der Waals surface area contributed by atoms with Gasteiger partial charge in [0.1, 0.15) is 0 Å². The maximum absolute atomic E-state index is 11.1. The Morgan fingerprint density at radius 1 is 1.04 bits per heavy atom. The standard InChI is InChI=1S/C17H15N3O4/c1-23-13-7-6-11(9-14(13)24-2)16-18-15(19-20-16)10-4-3-5-12(8-10)17(21)22/h3-9H,1-2H3,(H,21,22)(H,18,19,20). The lowest BCUT2D eigenvalue weighted by Gasteiger charge is -2.07. The number of nitrogens with one attached hydrogen (secondary N) is 1. The Balaban J connectivity index is 1.96. The first kappa shape index (κ1) is 15.5. The van der Waals surface area contributed by atoms with Crippen molar-refractivity contribution in [2.24, 2.45) is 0 Å². The molecule has 0 saturated heterocycles. The second kappa shape index (κ2) is 6.41. The van der Waals surface area contributed by atoms with Crippen LogP contribution in [-0.2, 0) is 0 Å². The molecule has 0 unspecified atom stereocenters. The van der Waals surface area contributed by atoms with E-state index in [0.29, 0.717) is 28.7 Å². The number of aromatic amines is 1. The van der Waals surface area contributed by atoms with Crippen LogP contribution in [0, 0.1) is 0 Å². The Morgan fingerprint density at radius 3 is 2.54 bits per heavy atom. The number of H-pyrrole nitrogens is 1. The van der Waals surface area contributed by atoms with Crippen LogP contribution in [0.4, 0.5) is 0 Å². The third-order valence-corrected chi connectivity index (χ3v) is 3.51. The van der Waals surface area contributed by atoms with Crippen molar-refractivity contribution in [1.82, 2.24) is 15.2 Å². The molecule has 0 amide bonds. The zero-order valence-corrected chi connectivity index (χ0v) is 13.1. The number of nitrogens with zero attached hydrogens (tertiary/aromatic N) is 2. The zero-order valence-electron chi connectivity index (χ0n) is 13.1. The van der Waals surface area contributed by atoms with E-state index in [9.17, 15) is 4.79 Å². The number of methoxy groups -OCH3 is 2. The van der Waals surface area contributed by atoms with Crippen molar-refractivity contribution in [2.45, 2.75) is 0 Å². The number of aromatic nitrogens is 3. The van der Waals surface area contributed by atoms with Gasteiger partial charge in [0.25, 0.3) is 0 Å². The van der Waals surface area contributed by atoms with Crippen LogP contribution in [-0.4, -0.2) is 40.5 Å². The molecule has 7 nitrogen and oxygen atoms in total. The fourth-order valence-electron chi connectivity index (χ4n) is 2.29. The van der Waals surface area contributed by atoms with Crippen LogP contribution in [0.5, 0.6) is 11.5 Å². The summed E-state index contributed by atoms with van der Waals surface area (Å²) in [5, 5.41) is 16.1. The van der Waals surface area contributed by atoms with Gasteiger partial charge in [0.2, 0.25) is 0 Å². The lowest BCUT2D eigenvalue weighted by molar-refractivity contribution is 0.0697. The Bertz CT molecular complexity index is 889. The Kier molecular flexibility index (Phi) is 4.15. The topological polar surface area (TPSA) is 97.3 Å². The van der Waals surface area contributed by atoms with Crippen molar-refractivity contribution >= 4 is 5.97 Å². The molecule has 0 aliphatic heterocycles. The van der Waals surface area contributed by atoms with Crippen molar-refractivity contribution in [3.63, 3.8) is 0 Å². The summed E-state index contributed by atoms with van der Waals surface area (Å²) < 4.78 is 10.5. The molecule has 0 atom stereocenters. The van der Waals surface area contributed by atoms with Crippen molar-refractivity contribution in [1.29, 1.82) is 0 Å². The average molecular weight is 325 g/mol. The maximum Gasteiger partial charge on any atom is 0.335 e. The molecular weight excluding hydrogens is 310 g/mol. The Labute approximate surface area is 137 Å². The van der Waals surface area contributed by atoms with E-state index >= 15 is 0 Å². The number of carbonyl (C=O) groups is 1. The molecule has 2 N–H and O–H groups in total. The summed E-state index contributed by atoms with van der Waals surface area (Å²) in [5.41, 5.74) is 1.59. The van der Waals surface area contributed by atoms with Crippen molar-refractivity contribution < 1.29 is 19.4 Å². The molecule has 122 valence electrons. The Hall–Kier alpha value is -3.35. The fourth-order valence-corrected chi connectivity index (χ4v) is 2.29. The minimum atomic E-state index is -0.989. The summed E-state index contributed by atoms with van der Waals surface area (Å²) in [6, 6.07) is 11.9. The van der Waals surface area contributed by atoms with Gasteiger partial charge >= 0.3 is 5.97 Å². The van der Waals surface area contributed by atoms with Gasteiger partial charge in [0.05, 0.1) is 19.8 Å². The minimum absolute atomic E-state index is 0.191. The van der Waals surface area contributed by atoms with Gasteiger partial charge in [-0.15, -0.1) is 0 Å². The number of rotatable bonds is 5. The quantitative estimate of drug-likeness (QED) is 0.748. The van der Waals surface area contributed by atoms with Crippen molar-refractivity contribution in [3.05, 3.63) is 48.0 Å². The van der Waals surface area contributed by atoms with Crippen LogP contribution in [0.3, 0.4) is 0 Å². The normalized spacial score (nSPS) is 10.4. The number of carboxylic acid groups (broad SMARTS) is 1. The fraction of sp³-hybridized carbons (Fsp3) is 0.118. The van der Waals surface area contributed by atoms with Crippen LogP contribution >= 0.6 is 0 Å². The smallest absolute Gasteiger partial charge is 0.335 e. The molecule has 3 aromatic rings. The number of benzene rings is 2. The van der Waals surface area contributed by atoms with E-state index in [-0.39, 0.29) is 5.56 Å². The molecule has 0 aliphatic rings. The van der Waals surface area contributed by atoms with Crippen molar-refractivity contribution in [3.8, 4) is 34.3 Å². The predicted molar refractivity (Wildman–Crippen MR) is 87.3 cm³/mol. The summed E-state index contributed by atoms with van der Waals surface area (Å²) in [7, 11) is 3.13. The number of hydrogen-bond donors (Lipinski definition) is 2. The van der Waals surface area contributed by atoms with E-state index < -0.39 is 5.97 Å². The average Bonchev–Trinajstić information content (AvgIpc) is 3.11. The number of carboxylic acids is 1. The van der Waals surface area contributed by atoms with E-state index in [1.165, 1.54) is 6.07 Å². The molecule has 0 bridgehead atoms. The number of hydrogen-bond acceptors (Lipinski definition) is 5. The Morgan fingerprint density at radius 2 is 1.83 bits per heavy atom. The van der Waals surface area contributed by atoms with Gasteiger partial charge in [0.15, 0.2) is 23.1 Å². The molecule has 0 saturated carbocycles. The molecule has 1 aromatic heterocycles. The second-order valence-electron chi connectivity index (χ2n) is 4.96. The molecule has 7 heteroatoms. The van der Waals surface area contributed by atoms with Gasteiger partial charge in [-0.3, -0.25) is 5.10 Å². The van der Waals surface area contributed by atoms with E-state index in [4.69, 9.17) is 14.6 Å². The van der Waals surface area contributed by atoms with Gasteiger partial charge in [0, 0.05) is 11.1 Å².